The number of hydrogen-bond donors (Lipinski definition) is 0. The zero-order valence-corrected chi connectivity index (χ0v) is 38.6. The van der Waals surface area contributed by atoms with E-state index in [1.807, 2.05) is 13.8 Å². The molecular formula is C49H99F. The molecule has 0 amide bonds. The monoisotopic (exact) mass is 707 g/mol. The van der Waals surface area contributed by atoms with E-state index in [4.69, 9.17) is 0 Å². The Balaban J connectivity index is -0.000000735. The lowest BCUT2D eigenvalue weighted by molar-refractivity contribution is 0.227. The minimum absolute atomic E-state index is 0.646. The average Bonchev–Trinajstić information content (AvgIpc) is 3.65. The maximum Gasteiger partial charge on any atom is 0.102 e. The Kier molecular flexibility index (Phi) is 31.0. The topological polar surface area (TPSA) is 0 Å². The van der Waals surface area contributed by atoms with Crippen LogP contribution in [0, 0.1) is 64.6 Å². The number of halogens is 1. The van der Waals surface area contributed by atoms with Crippen LogP contribution in [0.5, 0.6) is 0 Å². The van der Waals surface area contributed by atoms with E-state index in [1.165, 1.54) is 104 Å². The SMILES string of the molecule is C=C(C(CCCC(C)C)CCC(C)C)C(C)C(C)CC(C)C(C)C(C)C.CC.CC(C)(C)F.CC1=CCC(C)C1.CCCC(CC)C1(C)CC1. The zero-order chi connectivity index (χ0) is 39.8. The summed E-state index contributed by atoms with van der Waals surface area (Å²) in [5.41, 5.74) is 2.89. The molecular weight excluding hydrogens is 608 g/mol. The van der Waals surface area contributed by atoms with Gasteiger partial charge in [0.25, 0.3) is 0 Å². The Labute approximate surface area is 319 Å². The van der Waals surface area contributed by atoms with Gasteiger partial charge in [0.05, 0.1) is 0 Å². The van der Waals surface area contributed by atoms with Gasteiger partial charge in [0.15, 0.2) is 0 Å². The lowest BCUT2D eigenvalue weighted by Gasteiger charge is -2.32. The fourth-order valence-corrected chi connectivity index (χ4v) is 7.34. The summed E-state index contributed by atoms with van der Waals surface area (Å²) < 4.78 is 11.7. The van der Waals surface area contributed by atoms with Crippen molar-refractivity contribution >= 4 is 0 Å². The molecule has 0 radical (unpaired) electrons. The van der Waals surface area contributed by atoms with E-state index in [0.717, 1.165) is 58.7 Å². The highest BCUT2D eigenvalue weighted by atomic mass is 19.1. The van der Waals surface area contributed by atoms with Gasteiger partial charge in [-0.2, -0.15) is 0 Å². The molecule has 0 nitrogen and oxygen atoms in total. The Bertz CT molecular complexity index is 813. The normalized spacial score (nSPS) is 19.9. The van der Waals surface area contributed by atoms with Crippen molar-refractivity contribution in [3.63, 3.8) is 0 Å². The summed E-state index contributed by atoms with van der Waals surface area (Å²) in [7, 11) is 0. The molecule has 50 heavy (non-hydrogen) atoms. The maximum atomic E-state index is 11.7. The first kappa shape index (κ1) is 53.8. The number of hydrogen-bond acceptors (Lipinski definition) is 0. The summed E-state index contributed by atoms with van der Waals surface area (Å²) in [5.74, 6) is 8.09. The molecule has 0 heterocycles. The summed E-state index contributed by atoms with van der Waals surface area (Å²) in [6.07, 6.45) is 20.3. The molecule has 0 aromatic carbocycles. The van der Waals surface area contributed by atoms with Crippen LogP contribution in [0.3, 0.4) is 0 Å². The molecule has 1 heteroatoms. The Morgan fingerprint density at radius 2 is 1.34 bits per heavy atom. The van der Waals surface area contributed by atoms with Gasteiger partial charge in [-0.3, -0.25) is 0 Å². The molecule has 2 aliphatic rings. The molecule has 0 aromatic heterocycles. The smallest absolute Gasteiger partial charge is 0.102 e. The molecule has 0 saturated heterocycles. The van der Waals surface area contributed by atoms with Gasteiger partial charge >= 0.3 is 0 Å². The van der Waals surface area contributed by atoms with Crippen LogP contribution in [0.2, 0.25) is 0 Å². The van der Waals surface area contributed by atoms with Crippen molar-refractivity contribution < 1.29 is 4.39 Å². The van der Waals surface area contributed by atoms with E-state index >= 15 is 0 Å². The van der Waals surface area contributed by atoms with Crippen LogP contribution in [-0.2, 0) is 0 Å². The van der Waals surface area contributed by atoms with Crippen molar-refractivity contribution in [2.45, 2.75) is 228 Å². The highest BCUT2D eigenvalue weighted by Crippen LogP contribution is 2.54. The molecule has 7 unspecified atom stereocenters. The maximum absolute atomic E-state index is 11.7. The largest absolute Gasteiger partial charge is 0.245 e. The first-order valence-corrected chi connectivity index (χ1v) is 22.0. The van der Waals surface area contributed by atoms with Crippen molar-refractivity contribution in [3.8, 4) is 0 Å². The van der Waals surface area contributed by atoms with Crippen molar-refractivity contribution in [2.24, 2.45) is 64.6 Å². The second kappa shape index (κ2) is 28.9. The van der Waals surface area contributed by atoms with Crippen LogP contribution in [0.25, 0.3) is 0 Å². The third-order valence-corrected chi connectivity index (χ3v) is 11.8. The number of rotatable bonds is 18. The summed E-state index contributed by atoms with van der Waals surface area (Å²) in [6.45, 7) is 48.7. The van der Waals surface area contributed by atoms with E-state index in [9.17, 15) is 4.39 Å². The molecule has 2 rings (SSSR count). The molecule has 0 aromatic rings. The van der Waals surface area contributed by atoms with Gasteiger partial charge in [-0.15, -0.1) is 0 Å². The van der Waals surface area contributed by atoms with Gasteiger partial charge in [0.1, 0.15) is 5.67 Å². The zero-order valence-electron chi connectivity index (χ0n) is 38.6. The third-order valence-electron chi connectivity index (χ3n) is 11.8. The van der Waals surface area contributed by atoms with Crippen molar-refractivity contribution in [3.05, 3.63) is 23.8 Å². The fourth-order valence-electron chi connectivity index (χ4n) is 7.34. The van der Waals surface area contributed by atoms with Crippen LogP contribution in [0.4, 0.5) is 4.39 Å². The van der Waals surface area contributed by atoms with Crippen LogP contribution in [0.1, 0.15) is 222 Å². The number of allylic oxidation sites excluding steroid dienone is 3. The molecule has 0 aliphatic heterocycles. The van der Waals surface area contributed by atoms with Gasteiger partial charge in [0.2, 0.25) is 0 Å². The third kappa shape index (κ3) is 28.9. The van der Waals surface area contributed by atoms with Crippen molar-refractivity contribution in [1.29, 1.82) is 0 Å². The van der Waals surface area contributed by atoms with Crippen molar-refractivity contribution in [2.75, 3.05) is 0 Å². The van der Waals surface area contributed by atoms with E-state index < -0.39 is 5.67 Å². The first-order chi connectivity index (χ1) is 23.0. The van der Waals surface area contributed by atoms with Crippen molar-refractivity contribution in [1.82, 2.24) is 0 Å². The van der Waals surface area contributed by atoms with Gasteiger partial charge in [-0.05, 0) is 137 Å². The second-order valence-electron chi connectivity index (χ2n) is 19.4. The quantitative estimate of drug-likeness (QED) is 0.124. The van der Waals surface area contributed by atoms with E-state index in [2.05, 4.69) is 117 Å². The average molecular weight is 707 g/mol. The highest BCUT2D eigenvalue weighted by molar-refractivity contribution is 5.07. The van der Waals surface area contributed by atoms with Crippen LogP contribution < -0.4 is 0 Å². The molecule has 1 saturated carbocycles. The molecule has 1 fully saturated rings. The predicted octanol–water partition coefficient (Wildman–Crippen LogP) is 17.8. The van der Waals surface area contributed by atoms with E-state index in [0.29, 0.717) is 5.92 Å². The molecule has 2 aliphatic carbocycles. The van der Waals surface area contributed by atoms with Gasteiger partial charge in [0, 0.05) is 0 Å². The highest BCUT2D eigenvalue weighted by Gasteiger charge is 2.42. The van der Waals surface area contributed by atoms with Crippen LogP contribution >= 0.6 is 0 Å². The van der Waals surface area contributed by atoms with Gasteiger partial charge in [-0.25, -0.2) is 4.39 Å². The molecule has 302 valence electrons. The van der Waals surface area contributed by atoms with E-state index in [1.54, 1.807) is 11.1 Å². The van der Waals surface area contributed by atoms with Gasteiger partial charge in [-0.1, -0.05) is 173 Å². The Morgan fingerprint density at radius 3 is 1.66 bits per heavy atom. The minimum atomic E-state index is -1.00. The van der Waals surface area contributed by atoms with E-state index in [-0.39, 0.29) is 0 Å². The standard InChI is InChI=1S/C26H52.C10H20.C7H12.C4H9F.C2H6/c1-18(2)13-12-14-26(16-15-19(3)4)25(11)24(10)22(8)17-21(7)23(9)20(5)6;1-4-6-9(5-2)10(3)7-8-10;1-6-3-4-7(2)5-6;1-4(2,3)5;1-2/h18-24,26H,11-17H2,1-10H3;9H,4-8H2,1-3H3;3,7H,4-5H2,1-2H3;1-3H3;1-2H3. The Morgan fingerprint density at radius 1 is 0.840 bits per heavy atom. The fraction of sp³-hybridized carbons (Fsp3) is 0.918. The second-order valence-corrected chi connectivity index (χ2v) is 19.4. The molecule has 0 N–H and O–H groups in total. The molecule has 7 atom stereocenters. The predicted molar refractivity (Wildman–Crippen MR) is 232 cm³/mol. The Hall–Kier alpha value is -0.590. The summed E-state index contributed by atoms with van der Waals surface area (Å²) in [6, 6.07) is 0. The summed E-state index contributed by atoms with van der Waals surface area (Å²) >= 11 is 0. The van der Waals surface area contributed by atoms with Crippen LogP contribution in [0.15, 0.2) is 23.8 Å². The molecule has 0 bridgehead atoms. The first-order valence-electron chi connectivity index (χ1n) is 22.0. The summed E-state index contributed by atoms with van der Waals surface area (Å²) in [5, 5.41) is 0. The summed E-state index contributed by atoms with van der Waals surface area (Å²) in [4.78, 5) is 0. The van der Waals surface area contributed by atoms with Crippen LogP contribution in [-0.4, -0.2) is 5.67 Å². The lowest BCUT2D eigenvalue weighted by atomic mass is 9.73. The minimum Gasteiger partial charge on any atom is -0.245 e. The van der Waals surface area contributed by atoms with Gasteiger partial charge < -0.3 is 0 Å². The lowest BCUT2D eigenvalue weighted by Crippen LogP contribution is -2.22. The molecule has 0 spiro atoms. The number of alkyl halides is 1.